The summed E-state index contributed by atoms with van der Waals surface area (Å²) < 4.78 is 31.5. The highest BCUT2D eigenvalue weighted by atomic mass is 32.2. The zero-order valence-electron chi connectivity index (χ0n) is 10.5. The van der Waals surface area contributed by atoms with Gasteiger partial charge >= 0.3 is 5.97 Å². The lowest BCUT2D eigenvalue weighted by atomic mass is 10.1. The lowest BCUT2D eigenvalue weighted by Crippen LogP contribution is -2.35. The van der Waals surface area contributed by atoms with E-state index in [0.717, 1.165) is 5.41 Å². The predicted octanol–water partition coefficient (Wildman–Crippen LogP) is -0.0388. The number of carbonyl (C=O) groups excluding carboxylic acids is 1. The summed E-state index contributed by atoms with van der Waals surface area (Å²) in [6, 6.07) is 0. The summed E-state index contributed by atoms with van der Waals surface area (Å²) in [5.74, 6) is -0.405. The maximum Gasteiger partial charge on any atom is 0.311 e. The molecular formula is C11H15N3O4S. The van der Waals surface area contributed by atoms with Gasteiger partial charge in [0.2, 0.25) is 10.0 Å². The number of aromatic nitrogens is 2. The minimum atomic E-state index is -3.60. The van der Waals surface area contributed by atoms with Crippen molar-refractivity contribution in [1.29, 1.82) is 0 Å². The molecule has 1 aromatic heterocycles. The van der Waals surface area contributed by atoms with Crippen molar-refractivity contribution < 1.29 is 17.9 Å². The fourth-order valence-electron chi connectivity index (χ4n) is 2.04. The van der Waals surface area contributed by atoms with Crippen molar-refractivity contribution in [3.63, 3.8) is 0 Å². The molecular weight excluding hydrogens is 270 g/mol. The second-order valence-corrected chi connectivity index (χ2v) is 6.10. The van der Waals surface area contributed by atoms with Crippen LogP contribution in [0.1, 0.15) is 5.82 Å². The van der Waals surface area contributed by atoms with Crippen LogP contribution in [0.4, 0.5) is 0 Å². The number of sulfonamides is 1. The van der Waals surface area contributed by atoms with Crippen LogP contribution in [0.5, 0.6) is 0 Å². The summed E-state index contributed by atoms with van der Waals surface area (Å²) >= 11 is 0. The molecule has 104 valence electrons. The summed E-state index contributed by atoms with van der Waals surface area (Å²) in [4.78, 5) is 15.8. The van der Waals surface area contributed by atoms with E-state index < -0.39 is 21.9 Å². The van der Waals surface area contributed by atoms with Gasteiger partial charge < -0.3 is 9.30 Å². The summed E-state index contributed by atoms with van der Waals surface area (Å²) in [6.45, 7) is 3.83. The standard InChI is InChI=1S/C11H15N3O4S/c1-3-19(16,17)14-7-9(11(15)18-2)6-13-5-4-12-10(13)8-14/h3-5,9H,1,6-8H2,2H3. The van der Waals surface area contributed by atoms with Gasteiger partial charge in [-0.15, -0.1) is 0 Å². The number of fused-ring (bicyclic) bond motifs is 1. The van der Waals surface area contributed by atoms with E-state index in [4.69, 9.17) is 4.74 Å². The Labute approximate surface area is 111 Å². The Morgan fingerprint density at radius 1 is 1.58 bits per heavy atom. The molecule has 1 aliphatic rings. The van der Waals surface area contributed by atoms with Crippen LogP contribution in [0.15, 0.2) is 24.4 Å². The minimum Gasteiger partial charge on any atom is -0.469 e. The first kappa shape index (κ1) is 13.8. The highest BCUT2D eigenvalue weighted by Crippen LogP contribution is 2.19. The highest BCUT2D eigenvalue weighted by Gasteiger charge is 2.32. The van der Waals surface area contributed by atoms with Gasteiger partial charge in [0.1, 0.15) is 5.82 Å². The molecule has 0 N–H and O–H groups in total. The molecule has 1 unspecified atom stereocenters. The number of esters is 1. The van der Waals surface area contributed by atoms with Gasteiger partial charge in [-0.2, -0.15) is 4.31 Å². The SMILES string of the molecule is C=CS(=O)(=O)N1Cc2nccn2CC(C(=O)OC)C1. The zero-order valence-corrected chi connectivity index (χ0v) is 11.3. The summed E-state index contributed by atoms with van der Waals surface area (Å²) in [7, 11) is -2.32. The fourth-order valence-corrected chi connectivity index (χ4v) is 2.93. The van der Waals surface area contributed by atoms with Crippen LogP contribution in [0.3, 0.4) is 0 Å². The monoisotopic (exact) mass is 285 g/mol. The van der Waals surface area contributed by atoms with Gasteiger partial charge in [-0.3, -0.25) is 4.79 Å². The van der Waals surface area contributed by atoms with Crippen LogP contribution in [0.25, 0.3) is 0 Å². The van der Waals surface area contributed by atoms with E-state index in [9.17, 15) is 13.2 Å². The molecule has 0 aliphatic carbocycles. The van der Waals surface area contributed by atoms with E-state index >= 15 is 0 Å². The number of nitrogens with zero attached hydrogens (tertiary/aromatic N) is 3. The van der Waals surface area contributed by atoms with Crippen molar-refractivity contribution >= 4 is 16.0 Å². The number of imidazole rings is 1. The Morgan fingerprint density at radius 3 is 2.95 bits per heavy atom. The Hall–Kier alpha value is -1.67. The molecule has 0 bridgehead atoms. The van der Waals surface area contributed by atoms with Crippen molar-refractivity contribution in [1.82, 2.24) is 13.9 Å². The number of hydrogen-bond donors (Lipinski definition) is 0. The van der Waals surface area contributed by atoms with Crippen LogP contribution in [0.2, 0.25) is 0 Å². The van der Waals surface area contributed by atoms with Crippen molar-refractivity contribution in [3.05, 3.63) is 30.2 Å². The molecule has 0 radical (unpaired) electrons. The molecule has 19 heavy (non-hydrogen) atoms. The predicted molar refractivity (Wildman–Crippen MR) is 67.3 cm³/mol. The summed E-state index contributed by atoms with van der Waals surface area (Å²) in [6.07, 6.45) is 3.29. The first-order valence-corrected chi connectivity index (χ1v) is 7.18. The van der Waals surface area contributed by atoms with E-state index in [-0.39, 0.29) is 13.1 Å². The maximum atomic E-state index is 11.9. The van der Waals surface area contributed by atoms with Gasteiger partial charge in [0.05, 0.1) is 19.6 Å². The number of carbonyl (C=O) groups is 1. The second-order valence-electron chi connectivity index (χ2n) is 4.22. The Morgan fingerprint density at radius 2 is 2.32 bits per heavy atom. The van der Waals surface area contributed by atoms with Crippen LogP contribution in [-0.4, -0.2) is 41.9 Å². The second kappa shape index (κ2) is 5.14. The number of ether oxygens (including phenoxy) is 1. The van der Waals surface area contributed by atoms with Crippen molar-refractivity contribution in [2.75, 3.05) is 13.7 Å². The van der Waals surface area contributed by atoms with Crippen molar-refractivity contribution in [3.8, 4) is 0 Å². The third kappa shape index (κ3) is 2.69. The number of methoxy groups -OCH3 is 1. The highest BCUT2D eigenvalue weighted by molar-refractivity contribution is 7.91. The lowest BCUT2D eigenvalue weighted by molar-refractivity contribution is -0.146. The van der Waals surface area contributed by atoms with Crippen molar-refractivity contribution in [2.45, 2.75) is 13.1 Å². The lowest BCUT2D eigenvalue weighted by Gasteiger charge is -2.20. The molecule has 2 heterocycles. The molecule has 1 aromatic rings. The quantitative estimate of drug-likeness (QED) is 0.728. The molecule has 0 amide bonds. The fraction of sp³-hybridized carbons (Fsp3) is 0.455. The number of hydrogen-bond acceptors (Lipinski definition) is 5. The summed E-state index contributed by atoms with van der Waals surface area (Å²) in [5, 5.41) is 0.875. The molecule has 1 atom stereocenters. The molecule has 0 saturated carbocycles. The van der Waals surface area contributed by atoms with Crippen LogP contribution in [0, 0.1) is 5.92 Å². The van der Waals surface area contributed by atoms with Crippen LogP contribution in [-0.2, 0) is 32.6 Å². The number of rotatable bonds is 3. The van der Waals surface area contributed by atoms with Gasteiger partial charge in [0, 0.05) is 30.9 Å². The van der Waals surface area contributed by atoms with Crippen molar-refractivity contribution in [2.24, 2.45) is 5.92 Å². The molecule has 0 spiro atoms. The largest absolute Gasteiger partial charge is 0.469 e. The topological polar surface area (TPSA) is 81.5 Å². The Balaban J connectivity index is 2.38. The first-order valence-electron chi connectivity index (χ1n) is 5.68. The van der Waals surface area contributed by atoms with Crippen LogP contribution >= 0.6 is 0 Å². The molecule has 8 heteroatoms. The molecule has 0 aromatic carbocycles. The summed E-state index contributed by atoms with van der Waals surface area (Å²) in [5.41, 5.74) is 0. The van der Waals surface area contributed by atoms with Crippen LogP contribution < -0.4 is 0 Å². The molecule has 1 aliphatic heterocycles. The third-order valence-corrected chi connectivity index (χ3v) is 4.48. The van der Waals surface area contributed by atoms with Gasteiger partial charge in [0.25, 0.3) is 0 Å². The average Bonchev–Trinajstić information content (AvgIpc) is 2.75. The smallest absolute Gasteiger partial charge is 0.311 e. The normalized spacial score (nSPS) is 20.4. The van der Waals surface area contributed by atoms with Gasteiger partial charge in [-0.05, 0) is 0 Å². The molecule has 0 fully saturated rings. The van der Waals surface area contributed by atoms with E-state index in [1.807, 2.05) is 0 Å². The Bertz CT molecular complexity index is 593. The van der Waals surface area contributed by atoms with E-state index in [1.165, 1.54) is 11.4 Å². The van der Waals surface area contributed by atoms with Gasteiger partial charge in [-0.1, -0.05) is 6.58 Å². The van der Waals surface area contributed by atoms with Gasteiger partial charge in [0.15, 0.2) is 0 Å². The molecule has 2 rings (SSSR count). The average molecular weight is 285 g/mol. The van der Waals surface area contributed by atoms with E-state index in [2.05, 4.69) is 11.6 Å². The van der Waals surface area contributed by atoms with E-state index in [1.54, 1.807) is 17.0 Å². The van der Waals surface area contributed by atoms with Gasteiger partial charge in [-0.25, -0.2) is 13.4 Å². The maximum absolute atomic E-state index is 11.9. The zero-order chi connectivity index (χ0) is 14.0. The van der Waals surface area contributed by atoms with E-state index in [0.29, 0.717) is 12.4 Å². The third-order valence-electron chi connectivity index (χ3n) is 3.07. The molecule has 0 saturated heterocycles. The first-order chi connectivity index (χ1) is 8.97. The molecule has 7 nitrogen and oxygen atoms in total. The minimum absolute atomic E-state index is 0.0599. The Kier molecular flexibility index (Phi) is 3.72.